The first kappa shape index (κ1) is 22.7. The van der Waals surface area contributed by atoms with Crippen molar-refractivity contribution in [2.45, 2.75) is 39.3 Å². The van der Waals surface area contributed by atoms with Gasteiger partial charge in [-0.1, -0.05) is 74.0 Å². The molecule has 0 aromatic heterocycles. The van der Waals surface area contributed by atoms with Gasteiger partial charge in [-0.3, -0.25) is 9.69 Å². The van der Waals surface area contributed by atoms with Gasteiger partial charge in [0.15, 0.2) is 5.78 Å². The van der Waals surface area contributed by atoms with Crippen LogP contribution in [0.1, 0.15) is 68.8 Å². The highest BCUT2D eigenvalue weighted by Gasteiger charge is 2.39. The fourth-order valence-electron chi connectivity index (χ4n) is 4.60. The molecule has 5 nitrogen and oxygen atoms in total. The highest BCUT2D eigenvalue weighted by Crippen LogP contribution is 2.43. The largest absolute Gasteiger partial charge is 0.478 e. The number of nitrogens with zero attached hydrogens (tertiary/aromatic N) is 1. The Morgan fingerprint density at radius 2 is 1.58 bits per heavy atom. The van der Waals surface area contributed by atoms with E-state index in [2.05, 4.69) is 48.3 Å². The van der Waals surface area contributed by atoms with Crippen molar-refractivity contribution >= 4 is 17.4 Å². The number of carbonyl (C=O) groups is 2. The molecule has 1 aliphatic rings. The third-order valence-corrected chi connectivity index (χ3v) is 6.54. The molecule has 0 amide bonds. The van der Waals surface area contributed by atoms with Gasteiger partial charge in [0.25, 0.3) is 0 Å². The van der Waals surface area contributed by atoms with Gasteiger partial charge in [0, 0.05) is 12.2 Å². The molecular formula is C28H30N2O3. The van der Waals surface area contributed by atoms with E-state index in [0.717, 1.165) is 36.3 Å². The SMILES string of the molecule is CCN(CC)Cc1ccc(C2Nc3cccc(C(=O)O)c3C(=O)C2c2ccc(C)cc2)cc1. The number of carbonyl (C=O) groups excluding carboxylic acids is 1. The Kier molecular flexibility index (Phi) is 6.61. The van der Waals surface area contributed by atoms with Crippen molar-refractivity contribution in [3.8, 4) is 0 Å². The van der Waals surface area contributed by atoms with Gasteiger partial charge in [-0.25, -0.2) is 4.79 Å². The Hall–Kier alpha value is -3.44. The van der Waals surface area contributed by atoms with Gasteiger partial charge in [-0.15, -0.1) is 0 Å². The molecule has 3 aromatic rings. The smallest absolute Gasteiger partial charge is 0.336 e. The Labute approximate surface area is 195 Å². The van der Waals surface area contributed by atoms with Gasteiger partial charge in [0.05, 0.1) is 23.1 Å². The van der Waals surface area contributed by atoms with Crippen LogP contribution in [-0.4, -0.2) is 34.8 Å². The van der Waals surface area contributed by atoms with Crippen LogP contribution in [0.5, 0.6) is 0 Å². The second-order valence-corrected chi connectivity index (χ2v) is 8.61. The lowest BCUT2D eigenvalue weighted by atomic mass is 9.77. The van der Waals surface area contributed by atoms with E-state index in [-0.39, 0.29) is 23.0 Å². The number of fused-ring (bicyclic) bond motifs is 1. The molecule has 0 saturated carbocycles. The Balaban J connectivity index is 1.77. The van der Waals surface area contributed by atoms with Crippen LogP contribution in [0.3, 0.4) is 0 Å². The number of hydrogen-bond donors (Lipinski definition) is 2. The van der Waals surface area contributed by atoms with Crippen LogP contribution in [0.25, 0.3) is 0 Å². The summed E-state index contributed by atoms with van der Waals surface area (Å²) in [6.45, 7) is 9.20. The molecule has 0 spiro atoms. The van der Waals surface area contributed by atoms with E-state index >= 15 is 0 Å². The quantitative estimate of drug-likeness (QED) is 0.493. The average molecular weight is 443 g/mol. The van der Waals surface area contributed by atoms with Crippen molar-refractivity contribution in [2.24, 2.45) is 0 Å². The number of anilines is 1. The predicted molar refractivity (Wildman–Crippen MR) is 131 cm³/mol. The summed E-state index contributed by atoms with van der Waals surface area (Å²) in [5.41, 5.74) is 5.08. The topological polar surface area (TPSA) is 69.6 Å². The summed E-state index contributed by atoms with van der Waals surface area (Å²) in [6.07, 6.45) is 0. The predicted octanol–water partition coefficient (Wildman–Crippen LogP) is 5.67. The summed E-state index contributed by atoms with van der Waals surface area (Å²) in [5.74, 6) is -1.78. The monoisotopic (exact) mass is 442 g/mol. The molecule has 0 radical (unpaired) electrons. The van der Waals surface area contributed by atoms with Crippen molar-refractivity contribution in [2.75, 3.05) is 18.4 Å². The Morgan fingerprint density at radius 1 is 0.939 bits per heavy atom. The van der Waals surface area contributed by atoms with Crippen molar-refractivity contribution < 1.29 is 14.7 Å². The molecule has 4 rings (SSSR count). The highest BCUT2D eigenvalue weighted by atomic mass is 16.4. The molecule has 0 saturated heterocycles. The number of aromatic carboxylic acids is 1. The highest BCUT2D eigenvalue weighted by molar-refractivity contribution is 6.14. The molecule has 33 heavy (non-hydrogen) atoms. The van der Waals surface area contributed by atoms with E-state index in [9.17, 15) is 14.7 Å². The minimum absolute atomic E-state index is 0.0372. The summed E-state index contributed by atoms with van der Waals surface area (Å²) in [7, 11) is 0. The van der Waals surface area contributed by atoms with E-state index in [4.69, 9.17) is 0 Å². The van der Waals surface area contributed by atoms with E-state index in [1.165, 1.54) is 11.6 Å². The fraction of sp³-hybridized carbons (Fsp3) is 0.286. The second-order valence-electron chi connectivity index (χ2n) is 8.61. The Bertz CT molecular complexity index is 1150. The van der Waals surface area contributed by atoms with E-state index in [1.807, 2.05) is 31.2 Å². The summed E-state index contributed by atoms with van der Waals surface area (Å²) in [4.78, 5) is 28.0. The van der Waals surface area contributed by atoms with Crippen LogP contribution in [0.4, 0.5) is 5.69 Å². The van der Waals surface area contributed by atoms with Gasteiger partial charge in [-0.2, -0.15) is 0 Å². The maximum atomic E-state index is 13.8. The maximum Gasteiger partial charge on any atom is 0.336 e. The molecule has 1 heterocycles. The third-order valence-electron chi connectivity index (χ3n) is 6.54. The zero-order valence-electron chi connectivity index (χ0n) is 19.3. The number of carboxylic acids is 1. The summed E-state index contributed by atoms with van der Waals surface area (Å²) < 4.78 is 0. The summed E-state index contributed by atoms with van der Waals surface area (Å²) >= 11 is 0. The molecule has 2 N–H and O–H groups in total. The van der Waals surface area contributed by atoms with Crippen LogP contribution in [0.2, 0.25) is 0 Å². The standard InChI is InChI=1S/C28H30N2O3/c1-4-30(5-2)17-19-11-15-21(16-12-19)26-24(20-13-9-18(3)10-14-20)27(31)25-22(28(32)33)7-6-8-23(25)29-26/h6-16,24,26,29H,4-5,17H2,1-3H3,(H,32,33). The van der Waals surface area contributed by atoms with Gasteiger partial charge in [-0.05, 0) is 48.8 Å². The summed E-state index contributed by atoms with van der Waals surface area (Å²) in [5, 5.41) is 13.2. The van der Waals surface area contributed by atoms with Crippen molar-refractivity contribution in [1.82, 2.24) is 4.90 Å². The fourth-order valence-corrected chi connectivity index (χ4v) is 4.60. The molecular weight excluding hydrogens is 412 g/mol. The maximum absolute atomic E-state index is 13.8. The van der Waals surface area contributed by atoms with E-state index < -0.39 is 11.9 Å². The molecule has 0 bridgehead atoms. The number of ketones is 1. The van der Waals surface area contributed by atoms with Crippen LogP contribution >= 0.6 is 0 Å². The van der Waals surface area contributed by atoms with E-state index in [0.29, 0.717) is 5.69 Å². The third kappa shape index (κ3) is 4.55. The molecule has 2 unspecified atom stereocenters. The number of hydrogen-bond acceptors (Lipinski definition) is 4. The molecule has 2 atom stereocenters. The van der Waals surface area contributed by atoms with Crippen LogP contribution in [0, 0.1) is 6.92 Å². The molecule has 170 valence electrons. The average Bonchev–Trinajstić information content (AvgIpc) is 2.83. The van der Waals surface area contributed by atoms with Crippen LogP contribution < -0.4 is 5.32 Å². The second kappa shape index (κ2) is 9.59. The van der Waals surface area contributed by atoms with Gasteiger partial charge < -0.3 is 10.4 Å². The number of nitrogens with one attached hydrogen (secondary N) is 1. The lowest BCUT2D eigenvalue weighted by Crippen LogP contribution is -2.33. The number of aryl methyl sites for hydroxylation is 1. The summed E-state index contributed by atoms with van der Waals surface area (Å²) in [6, 6.07) is 21.0. The zero-order valence-corrected chi connectivity index (χ0v) is 19.3. The van der Waals surface area contributed by atoms with Gasteiger partial charge in [0.2, 0.25) is 0 Å². The van der Waals surface area contributed by atoms with Crippen molar-refractivity contribution in [3.63, 3.8) is 0 Å². The van der Waals surface area contributed by atoms with Crippen molar-refractivity contribution in [1.29, 1.82) is 0 Å². The first-order valence-electron chi connectivity index (χ1n) is 11.5. The van der Waals surface area contributed by atoms with Crippen molar-refractivity contribution in [3.05, 3.63) is 100 Å². The number of Topliss-reactive ketones (excluding diaryl/α,β-unsaturated/α-hetero) is 1. The van der Waals surface area contributed by atoms with Crippen LogP contribution in [0.15, 0.2) is 66.7 Å². The molecule has 5 heteroatoms. The lowest BCUT2D eigenvalue weighted by Gasteiger charge is -2.35. The van der Waals surface area contributed by atoms with E-state index in [1.54, 1.807) is 12.1 Å². The normalized spacial score (nSPS) is 17.5. The zero-order chi connectivity index (χ0) is 23.5. The number of benzene rings is 3. The number of carboxylic acid groups (broad SMARTS) is 1. The van der Waals surface area contributed by atoms with Crippen LogP contribution in [-0.2, 0) is 6.54 Å². The molecule has 1 aliphatic heterocycles. The molecule has 3 aromatic carbocycles. The van der Waals surface area contributed by atoms with Gasteiger partial charge in [0.1, 0.15) is 0 Å². The first-order valence-corrected chi connectivity index (χ1v) is 11.5. The lowest BCUT2D eigenvalue weighted by molar-refractivity contribution is 0.0690. The minimum Gasteiger partial charge on any atom is -0.478 e. The molecule has 0 fully saturated rings. The number of rotatable bonds is 7. The first-order chi connectivity index (χ1) is 15.9. The molecule has 0 aliphatic carbocycles. The Morgan fingerprint density at radius 3 is 2.18 bits per heavy atom. The minimum atomic E-state index is -1.09. The van der Waals surface area contributed by atoms with Gasteiger partial charge >= 0.3 is 5.97 Å².